The van der Waals surface area contributed by atoms with Gasteiger partial charge in [-0.1, -0.05) is 11.6 Å². The van der Waals surface area contributed by atoms with E-state index in [1.165, 1.54) is 12.3 Å². The van der Waals surface area contributed by atoms with Crippen LogP contribution in [0.1, 0.15) is 15.9 Å². The van der Waals surface area contributed by atoms with Gasteiger partial charge < -0.3 is 0 Å². The van der Waals surface area contributed by atoms with Crippen molar-refractivity contribution < 1.29 is 9.18 Å². The Bertz CT molecular complexity index is 588. The molecule has 17 heavy (non-hydrogen) atoms. The molecule has 2 aromatic rings. The first kappa shape index (κ1) is 12.2. The number of halogens is 3. The number of aromatic nitrogens is 1. The summed E-state index contributed by atoms with van der Waals surface area (Å²) in [5.41, 5.74) is 0.350. The first-order valence-corrected chi connectivity index (χ1v) is 5.86. The Labute approximate surface area is 111 Å². The van der Waals surface area contributed by atoms with Gasteiger partial charge in [0.15, 0.2) is 11.6 Å². The lowest BCUT2D eigenvalue weighted by molar-refractivity contribution is 0.103. The minimum atomic E-state index is -0.639. The number of hydrogen-bond donors (Lipinski definition) is 0. The van der Waals surface area contributed by atoms with Crippen molar-refractivity contribution in [2.45, 2.75) is 0 Å². The van der Waals surface area contributed by atoms with Crippen LogP contribution < -0.4 is 0 Å². The third kappa shape index (κ3) is 2.53. The largest absolute Gasteiger partial charge is 0.288 e. The van der Waals surface area contributed by atoms with Gasteiger partial charge in [0.2, 0.25) is 0 Å². The molecule has 2 rings (SSSR count). The van der Waals surface area contributed by atoms with Crippen LogP contribution in [0, 0.1) is 5.82 Å². The number of pyridine rings is 1. The van der Waals surface area contributed by atoms with Gasteiger partial charge in [0, 0.05) is 21.3 Å². The Morgan fingerprint density at radius 3 is 2.71 bits per heavy atom. The standard InChI is InChI=1S/C12H6BrClFNO/c13-10-5-7(14)1-2-8(10)12(17)9-3-4-16-6-11(9)15/h1-6H. The summed E-state index contributed by atoms with van der Waals surface area (Å²) in [4.78, 5) is 15.7. The minimum Gasteiger partial charge on any atom is -0.288 e. The fraction of sp³-hybridized carbons (Fsp3) is 0. The Balaban J connectivity index is 2.48. The summed E-state index contributed by atoms with van der Waals surface area (Å²) in [6, 6.07) is 6.07. The summed E-state index contributed by atoms with van der Waals surface area (Å²) >= 11 is 9.00. The van der Waals surface area contributed by atoms with Crippen LogP contribution in [-0.4, -0.2) is 10.8 Å². The quantitative estimate of drug-likeness (QED) is 0.788. The molecular formula is C12H6BrClFNO. The lowest BCUT2D eigenvalue weighted by atomic mass is 10.0. The Hall–Kier alpha value is -1.26. The van der Waals surface area contributed by atoms with Crippen molar-refractivity contribution in [3.05, 3.63) is 63.1 Å². The number of carbonyl (C=O) groups is 1. The van der Waals surface area contributed by atoms with Gasteiger partial charge >= 0.3 is 0 Å². The molecule has 0 saturated carbocycles. The molecule has 1 aromatic heterocycles. The predicted octanol–water partition coefficient (Wildman–Crippen LogP) is 3.87. The number of benzene rings is 1. The van der Waals surface area contributed by atoms with Gasteiger partial charge in [-0.2, -0.15) is 0 Å². The van der Waals surface area contributed by atoms with Gasteiger partial charge in [0.05, 0.1) is 11.8 Å². The van der Waals surface area contributed by atoms with Crippen LogP contribution in [0.3, 0.4) is 0 Å². The Kier molecular flexibility index (Phi) is 3.54. The fourth-order valence-corrected chi connectivity index (χ4v) is 2.24. The zero-order chi connectivity index (χ0) is 12.4. The van der Waals surface area contributed by atoms with E-state index in [2.05, 4.69) is 20.9 Å². The van der Waals surface area contributed by atoms with Gasteiger partial charge in [-0.05, 0) is 40.2 Å². The van der Waals surface area contributed by atoms with Crippen LogP contribution in [0.5, 0.6) is 0 Å². The Morgan fingerprint density at radius 2 is 2.06 bits per heavy atom. The molecule has 0 atom stereocenters. The number of hydrogen-bond acceptors (Lipinski definition) is 2. The van der Waals surface area contributed by atoms with Gasteiger partial charge in [-0.25, -0.2) is 4.39 Å². The average Bonchev–Trinajstić information content (AvgIpc) is 2.29. The summed E-state index contributed by atoms with van der Waals surface area (Å²) in [6.07, 6.45) is 2.39. The molecule has 1 aromatic carbocycles. The zero-order valence-electron chi connectivity index (χ0n) is 8.45. The van der Waals surface area contributed by atoms with E-state index in [-0.39, 0.29) is 5.56 Å². The third-order valence-corrected chi connectivity index (χ3v) is 3.08. The maximum atomic E-state index is 13.4. The van der Waals surface area contributed by atoms with Crippen molar-refractivity contribution in [3.63, 3.8) is 0 Å². The number of carbonyl (C=O) groups excluding carboxylic acids is 1. The highest BCUT2D eigenvalue weighted by atomic mass is 79.9. The zero-order valence-corrected chi connectivity index (χ0v) is 10.8. The molecule has 0 radical (unpaired) electrons. The number of ketones is 1. The van der Waals surface area contributed by atoms with Crippen molar-refractivity contribution in [2.24, 2.45) is 0 Å². The summed E-state index contributed by atoms with van der Waals surface area (Å²) in [6.45, 7) is 0. The predicted molar refractivity (Wildman–Crippen MR) is 66.8 cm³/mol. The topological polar surface area (TPSA) is 30.0 Å². The van der Waals surface area contributed by atoms with Crippen molar-refractivity contribution >= 4 is 33.3 Å². The molecule has 0 saturated heterocycles. The lowest BCUT2D eigenvalue weighted by Gasteiger charge is -2.04. The lowest BCUT2D eigenvalue weighted by Crippen LogP contribution is -2.05. The highest BCUT2D eigenvalue weighted by molar-refractivity contribution is 9.10. The summed E-state index contributed by atoms with van der Waals surface area (Å²) in [5.74, 6) is -1.05. The summed E-state index contributed by atoms with van der Waals surface area (Å²) in [7, 11) is 0. The first-order valence-electron chi connectivity index (χ1n) is 4.69. The smallest absolute Gasteiger partial charge is 0.197 e. The molecule has 0 bridgehead atoms. The molecule has 0 N–H and O–H groups in total. The highest BCUT2D eigenvalue weighted by Gasteiger charge is 2.16. The molecule has 0 unspecified atom stereocenters. The van der Waals surface area contributed by atoms with Crippen LogP contribution in [0.2, 0.25) is 5.02 Å². The van der Waals surface area contributed by atoms with Crippen molar-refractivity contribution in [2.75, 3.05) is 0 Å². The van der Waals surface area contributed by atoms with Crippen LogP contribution in [-0.2, 0) is 0 Å². The minimum absolute atomic E-state index is 0.0111. The molecule has 1 heterocycles. The van der Waals surface area contributed by atoms with E-state index >= 15 is 0 Å². The van der Waals surface area contributed by atoms with Crippen LogP contribution in [0.4, 0.5) is 4.39 Å². The van der Waals surface area contributed by atoms with Crippen LogP contribution in [0.25, 0.3) is 0 Å². The second-order valence-electron chi connectivity index (χ2n) is 3.31. The molecule has 86 valence electrons. The van der Waals surface area contributed by atoms with Gasteiger partial charge in [0.25, 0.3) is 0 Å². The second-order valence-corrected chi connectivity index (χ2v) is 4.60. The molecular weight excluding hydrogens is 308 g/mol. The van der Waals surface area contributed by atoms with E-state index in [4.69, 9.17) is 11.6 Å². The van der Waals surface area contributed by atoms with Crippen LogP contribution >= 0.6 is 27.5 Å². The van der Waals surface area contributed by atoms with Gasteiger partial charge in [-0.15, -0.1) is 0 Å². The van der Waals surface area contributed by atoms with E-state index in [9.17, 15) is 9.18 Å². The monoisotopic (exact) mass is 313 g/mol. The second kappa shape index (κ2) is 4.94. The first-order chi connectivity index (χ1) is 8.09. The normalized spacial score (nSPS) is 10.3. The van der Waals surface area contributed by atoms with E-state index in [1.54, 1.807) is 18.2 Å². The van der Waals surface area contributed by atoms with E-state index in [0.717, 1.165) is 6.20 Å². The van der Waals surface area contributed by atoms with Gasteiger partial charge in [0.1, 0.15) is 0 Å². The molecule has 5 heteroatoms. The van der Waals surface area contributed by atoms with Gasteiger partial charge in [-0.3, -0.25) is 9.78 Å². The molecule has 0 fully saturated rings. The molecule has 0 aliphatic rings. The summed E-state index contributed by atoms with van der Waals surface area (Å²) < 4.78 is 13.9. The maximum absolute atomic E-state index is 13.4. The molecule has 0 spiro atoms. The molecule has 2 nitrogen and oxygen atoms in total. The summed E-state index contributed by atoms with van der Waals surface area (Å²) in [5, 5.41) is 0.503. The Morgan fingerprint density at radius 1 is 1.29 bits per heavy atom. The molecule has 0 aliphatic heterocycles. The SMILES string of the molecule is O=C(c1ccncc1F)c1ccc(Cl)cc1Br. The van der Waals surface area contributed by atoms with Crippen molar-refractivity contribution in [1.29, 1.82) is 0 Å². The number of rotatable bonds is 2. The number of nitrogens with zero attached hydrogens (tertiary/aromatic N) is 1. The third-order valence-electron chi connectivity index (χ3n) is 2.19. The fourth-order valence-electron chi connectivity index (χ4n) is 1.38. The average molecular weight is 315 g/mol. The van der Waals surface area contributed by atoms with E-state index in [1.807, 2.05) is 0 Å². The van der Waals surface area contributed by atoms with Crippen molar-refractivity contribution in [1.82, 2.24) is 4.98 Å². The van der Waals surface area contributed by atoms with Crippen molar-refractivity contribution in [3.8, 4) is 0 Å². The van der Waals surface area contributed by atoms with E-state index in [0.29, 0.717) is 15.1 Å². The van der Waals surface area contributed by atoms with E-state index < -0.39 is 11.6 Å². The van der Waals surface area contributed by atoms with Crippen LogP contribution in [0.15, 0.2) is 41.1 Å². The maximum Gasteiger partial charge on any atom is 0.197 e. The molecule has 0 amide bonds. The highest BCUT2D eigenvalue weighted by Crippen LogP contribution is 2.24. The molecule has 0 aliphatic carbocycles.